The van der Waals surface area contributed by atoms with Gasteiger partial charge in [0, 0.05) is 50.9 Å². The fourth-order valence-electron chi connectivity index (χ4n) is 3.59. The van der Waals surface area contributed by atoms with E-state index in [2.05, 4.69) is 9.55 Å². The summed E-state index contributed by atoms with van der Waals surface area (Å²) in [5.41, 5.74) is 0.547. The summed E-state index contributed by atoms with van der Waals surface area (Å²) in [5, 5.41) is 0. The van der Waals surface area contributed by atoms with Crippen LogP contribution in [0.4, 0.5) is 0 Å². The highest BCUT2D eigenvalue weighted by molar-refractivity contribution is 5.93. The SMILES string of the molecule is O=C1CCCN1CC1CN(C(=O)c2ccoc2)Cc2nccn2C1. The van der Waals surface area contributed by atoms with Crippen molar-refractivity contribution in [2.45, 2.75) is 25.9 Å². The van der Waals surface area contributed by atoms with Crippen LogP contribution in [0.15, 0.2) is 35.4 Å². The first kappa shape index (κ1) is 15.0. The monoisotopic (exact) mass is 328 g/mol. The van der Waals surface area contributed by atoms with Crippen LogP contribution in [-0.4, -0.2) is 50.8 Å². The largest absolute Gasteiger partial charge is 0.472 e. The summed E-state index contributed by atoms with van der Waals surface area (Å²) in [4.78, 5) is 32.8. The zero-order chi connectivity index (χ0) is 16.5. The lowest BCUT2D eigenvalue weighted by Crippen LogP contribution is -2.39. The lowest BCUT2D eigenvalue weighted by atomic mass is 10.1. The number of hydrogen-bond donors (Lipinski definition) is 0. The van der Waals surface area contributed by atoms with Crippen molar-refractivity contribution in [3.8, 4) is 0 Å². The van der Waals surface area contributed by atoms with Gasteiger partial charge in [-0.15, -0.1) is 0 Å². The van der Waals surface area contributed by atoms with Crippen molar-refractivity contribution in [2.75, 3.05) is 19.6 Å². The van der Waals surface area contributed by atoms with Crippen LogP contribution in [-0.2, 0) is 17.9 Å². The average Bonchev–Trinajstić information content (AvgIpc) is 3.29. The quantitative estimate of drug-likeness (QED) is 0.853. The molecule has 2 aromatic heterocycles. The Bertz CT molecular complexity index is 737. The number of amides is 2. The summed E-state index contributed by atoms with van der Waals surface area (Å²) < 4.78 is 7.13. The zero-order valence-corrected chi connectivity index (χ0v) is 13.4. The van der Waals surface area contributed by atoms with Gasteiger partial charge in [0.15, 0.2) is 0 Å². The topological polar surface area (TPSA) is 71.6 Å². The number of fused-ring (bicyclic) bond motifs is 1. The third kappa shape index (κ3) is 2.81. The number of aromatic nitrogens is 2. The Hall–Kier alpha value is -2.57. The summed E-state index contributed by atoms with van der Waals surface area (Å²) >= 11 is 0. The molecule has 24 heavy (non-hydrogen) atoms. The van der Waals surface area contributed by atoms with Gasteiger partial charge in [-0.3, -0.25) is 9.59 Å². The van der Waals surface area contributed by atoms with E-state index in [1.807, 2.05) is 16.0 Å². The normalized spacial score (nSPS) is 21.0. The highest BCUT2D eigenvalue weighted by atomic mass is 16.3. The Morgan fingerprint density at radius 1 is 1.38 bits per heavy atom. The van der Waals surface area contributed by atoms with E-state index in [1.54, 1.807) is 12.3 Å². The number of likely N-dealkylation sites (tertiary alicyclic amines) is 1. The molecule has 2 aliphatic rings. The van der Waals surface area contributed by atoms with E-state index in [0.29, 0.717) is 31.6 Å². The number of nitrogens with zero attached hydrogens (tertiary/aromatic N) is 4. The second-order valence-electron chi connectivity index (χ2n) is 6.50. The molecule has 126 valence electrons. The molecular formula is C17H20N4O3. The molecule has 0 N–H and O–H groups in total. The van der Waals surface area contributed by atoms with E-state index in [4.69, 9.17) is 4.42 Å². The van der Waals surface area contributed by atoms with Gasteiger partial charge in [0.1, 0.15) is 12.1 Å². The molecule has 1 fully saturated rings. The van der Waals surface area contributed by atoms with Crippen molar-refractivity contribution in [3.63, 3.8) is 0 Å². The Kier molecular flexibility index (Phi) is 3.84. The lowest BCUT2D eigenvalue weighted by molar-refractivity contribution is -0.128. The number of imidazole rings is 1. The highest BCUT2D eigenvalue weighted by Crippen LogP contribution is 2.21. The van der Waals surface area contributed by atoms with Gasteiger partial charge in [0.2, 0.25) is 5.91 Å². The molecule has 1 unspecified atom stereocenters. The minimum Gasteiger partial charge on any atom is -0.472 e. The first-order valence-electron chi connectivity index (χ1n) is 8.30. The molecule has 2 aromatic rings. The zero-order valence-electron chi connectivity index (χ0n) is 13.4. The molecule has 0 aliphatic carbocycles. The predicted molar refractivity (Wildman–Crippen MR) is 85.0 cm³/mol. The van der Waals surface area contributed by atoms with E-state index >= 15 is 0 Å². The van der Waals surface area contributed by atoms with Crippen LogP contribution in [0.3, 0.4) is 0 Å². The van der Waals surface area contributed by atoms with Crippen LogP contribution in [0.25, 0.3) is 0 Å². The maximum atomic E-state index is 12.7. The van der Waals surface area contributed by atoms with E-state index in [9.17, 15) is 9.59 Å². The minimum atomic E-state index is -0.0575. The van der Waals surface area contributed by atoms with Crippen molar-refractivity contribution in [2.24, 2.45) is 5.92 Å². The van der Waals surface area contributed by atoms with Gasteiger partial charge in [0.05, 0.1) is 18.4 Å². The molecular weight excluding hydrogens is 308 g/mol. The molecule has 7 nitrogen and oxygen atoms in total. The molecule has 0 spiro atoms. The van der Waals surface area contributed by atoms with Gasteiger partial charge in [-0.25, -0.2) is 4.98 Å². The van der Waals surface area contributed by atoms with E-state index < -0.39 is 0 Å². The van der Waals surface area contributed by atoms with Crippen LogP contribution in [0.2, 0.25) is 0 Å². The molecule has 4 rings (SSSR count). The van der Waals surface area contributed by atoms with Crippen LogP contribution >= 0.6 is 0 Å². The first-order valence-corrected chi connectivity index (χ1v) is 8.30. The second kappa shape index (κ2) is 6.14. The van der Waals surface area contributed by atoms with Gasteiger partial charge in [-0.2, -0.15) is 0 Å². The summed E-state index contributed by atoms with van der Waals surface area (Å²) in [6, 6.07) is 1.68. The molecule has 4 heterocycles. The molecule has 2 aliphatic heterocycles. The number of carbonyl (C=O) groups is 2. The minimum absolute atomic E-state index is 0.0575. The van der Waals surface area contributed by atoms with E-state index in [1.165, 1.54) is 12.5 Å². The van der Waals surface area contributed by atoms with Crippen LogP contribution in [0.5, 0.6) is 0 Å². The van der Waals surface area contributed by atoms with Gasteiger partial charge in [0.25, 0.3) is 5.91 Å². The predicted octanol–water partition coefficient (Wildman–Crippen LogP) is 1.37. The Balaban J connectivity index is 1.56. The number of furan rings is 1. The van der Waals surface area contributed by atoms with Crippen LogP contribution in [0, 0.1) is 5.92 Å². The van der Waals surface area contributed by atoms with Gasteiger partial charge < -0.3 is 18.8 Å². The van der Waals surface area contributed by atoms with Crippen molar-refractivity contribution in [3.05, 3.63) is 42.4 Å². The molecule has 1 atom stereocenters. The number of rotatable bonds is 3. The third-order valence-corrected chi connectivity index (χ3v) is 4.77. The highest BCUT2D eigenvalue weighted by Gasteiger charge is 2.30. The van der Waals surface area contributed by atoms with Gasteiger partial charge in [-0.05, 0) is 12.5 Å². The summed E-state index contributed by atoms with van der Waals surface area (Å²) in [6.07, 6.45) is 8.25. The van der Waals surface area contributed by atoms with Crippen molar-refractivity contribution >= 4 is 11.8 Å². The molecule has 1 saturated heterocycles. The smallest absolute Gasteiger partial charge is 0.257 e. The van der Waals surface area contributed by atoms with Gasteiger partial charge in [-0.1, -0.05) is 0 Å². The molecule has 7 heteroatoms. The molecule has 2 amide bonds. The van der Waals surface area contributed by atoms with Crippen molar-refractivity contribution < 1.29 is 14.0 Å². The second-order valence-corrected chi connectivity index (χ2v) is 6.50. The molecule has 0 radical (unpaired) electrons. The fourth-order valence-corrected chi connectivity index (χ4v) is 3.59. The summed E-state index contributed by atoms with van der Waals surface area (Å²) in [7, 11) is 0. The fraction of sp³-hybridized carbons (Fsp3) is 0.471. The van der Waals surface area contributed by atoms with Crippen molar-refractivity contribution in [1.82, 2.24) is 19.4 Å². The maximum absolute atomic E-state index is 12.7. The molecule has 0 bridgehead atoms. The summed E-state index contributed by atoms with van der Waals surface area (Å²) in [5.74, 6) is 1.23. The number of hydrogen-bond acceptors (Lipinski definition) is 4. The summed E-state index contributed by atoms with van der Waals surface area (Å²) in [6.45, 7) is 3.36. The van der Waals surface area contributed by atoms with Gasteiger partial charge >= 0.3 is 0 Å². The van der Waals surface area contributed by atoms with Crippen LogP contribution in [0.1, 0.15) is 29.0 Å². The Labute approximate surface area is 139 Å². The number of carbonyl (C=O) groups excluding carboxylic acids is 2. The molecule has 0 saturated carbocycles. The van der Waals surface area contributed by atoms with Crippen molar-refractivity contribution in [1.29, 1.82) is 0 Å². The van der Waals surface area contributed by atoms with E-state index in [0.717, 1.165) is 25.3 Å². The first-order chi connectivity index (χ1) is 11.7. The standard InChI is InChI=1S/C17H20N4O3/c22-16-2-1-5-20(16)9-13-8-19-6-4-18-15(19)11-21(10-13)17(23)14-3-7-24-12-14/h3-4,6-7,12-13H,1-2,5,8-11H2. The van der Waals surface area contributed by atoms with Crippen LogP contribution < -0.4 is 0 Å². The van der Waals surface area contributed by atoms with E-state index in [-0.39, 0.29) is 17.7 Å². The Morgan fingerprint density at radius 2 is 2.29 bits per heavy atom. The molecule has 0 aromatic carbocycles. The Morgan fingerprint density at radius 3 is 3.04 bits per heavy atom. The average molecular weight is 328 g/mol. The lowest BCUT2D eigenvalue weighted by Gasteiger charge is -2.27. The maximum Gasteiger partial charge on any atom is 0.257 e. The third-order valence-electron chi connectivity index (χ3n) is 4.77.